The molecular weight excluding hydrogens is 272 g/mol. The Morgan fingerprint density at radius 3 is 2.86 bits per heavy atom. The maximum atomic E-state index is 11.9. The molecule has 7 heteroatoms. The molecule has 0 aromatic rings. The van der Waals surface area contributed by atoms with E-state index in [-0.39, 0.29) is 17.9 Å². The molecule has 1 rings (SSSR count). The molecule has 0 aromatic carbocycles. The van der Waals surface area contributed by atoms with Gasteiger partial charge in [-0.1, -0.05) is 13.3 Å². The van der Waals surface area contributed by atoms with Crippen LogP contribution in [0, 0.1) is 22.7 Å². The third-order valence-corrected chi connectivity index (χ3v) is 3.03. The van der Waals surface area contributed by atoms with Crippen LogP contribution in [0.2, 0.25) is 0 Å². The number of carbonyl (C=O) groups is 2. The number of rotatable bonds is 6. The van der Waals surface area contributed by atoms with Gasteiger partial charge in [0.05, 0.1) is 13.0 Å². The molecule has 1 heterocycles. The molecule has 1 aliphatic rings. The zero-order valence-electron chi connectivity index (χ0n) is 12.0. The molecule has 1 amide bonds. The minimum atomic E-state index is -0.746. The third-order valence-electron chi connectivity index (χ3n) is 3.03. The largest absolute Gasteiger partial charge is 0.466 e. The lowest BCUT2D eigenvalue weighted by Gasteiger charge is -2.33. The van der Waals surface area contributed by atoms with Crippen LogP contribution in [0.4, 0.5) is 0 Å². The van der Waals surface area contributed by atoms with Crippen molar-refractivity contribution in [3.8, 4) is 12.1 Å². The molecule has 1 fully saturated rings. The van der Waals surface area contributed by atoms with Crippen molar-refractivity contribution in [2.45, 2.75) is 32.2 Å². The molecule has 0 radical (unpaired) electrons. The molecule has 0 aromatic heterocycles. The SMILES string of the molecule is CCCCOC(=O)CC1C(=O)NCCN1C=C(C#N)C#N. The summed E-state index contributed by atoms with van der Waals surface area (Å²) >= 11 is 0. The zero-order valence-corrected chi connectivity index (χ0v) is 12.0. The molecule has 1 saturated heterocycles. The Balaban J connectivity index is 2.72. The molecule has 112 valence electrons. The lowest BCUT2D eigenvalue weighted by molar-refractivity contribution is -0.147. The van der Waals surface area contributed by atoms with Gasteiger partial charge >= 0.3 is 5.97 Å². The highest BCUT2D eigenvalue weighted by Gasteiger charge is 2.30. The predicted molar refractivity (Wildman–Crippen MR) is 73.3 cm³/mol. The Bertz CT molecular complexity index is 485. The standard InChI is InChI=1S/C14H18N4O3/c1-2-3-6-21-13(19)7-12-14(20)17-4-5-18(12)10-11(8-15)9-16/h10,12H,2-7H2,1H3,(H,17,20). The number of amides is 1. The van der Waals surface area contributed by atoms with E-state index < -0.39 is 12.0 Å². The van der Waals surface area contributed by atoms with Crippen LogP contribution in [-0.4, -0.2) is 42.5 Å². The molecule has 1 aliphatic heterocycles. The fourth-order valence-electron chi connectivity index (χ4n) is 1.89. The van der Waals surface area contributed by atoms with Crippen molar-refractivity contribution in [1.82, 2.24) is 10.2 Å². The summed E-state index contributed by atoms with van der Waals surface area (Å²) in [4.78, 5) is 25.1. The van der Waals surface area contributed by atoms with Crippen LogP contribution >= 0.6 is 0 Å². The number of nitrogens with zero attached hydrogens (tertiary/aromatic N) is 3. The smallest absolute Gasteiger partial charge is 0.308 e. The summed E-state index contributed by atoms with van der Waals surface area (Å²) in [7, 11) is 0. The van der Waals surface area contributed by atoms with E-state index in [0.29, 0.717) is 19.7 Å². The quantitative estimate of drug-likeness (QED) is 0.432. The van der Waals surface area contributed by atoms with Crippen LogP contribution < -0.4 is 5.32 Å². The Labute approximate surface area is 123 Å². The zero-order chi connectivity index (χ0) is 15.7. The fourth-order valence-corrected chi connectivity index (χ4v) is 1.89. The van der Waals surface area contributed by atoms with E-state index in [1.807, 2.05) is 6.92 Å². The summed E-state index contributed by atoms with van der Waals surface area (Å²) in [5.74, 6) is -0.764. The van der Waals surface area contributed by atoms with Gasteiger partial charge in [0, 0.05) is 19.3 Å². The van der Waals surface area contributed by atoms with E-state index in [4.69, 9.17) is 15.3 Å². The van der Waals surface area contributed by atoms with Gasteiger partial charge in [0.2, 0.25) is 5.91 Å². The molecule has 21 heavy (non-hydrogen) atoms. The highest BCUT2D eigenvalue weighted by molar-refractivity contribution is 5.87. The second-order valence-corrected chi connectivity index (χ2v) is 4.59. The Hall–Kier alpha value is -2.54. The van der Waals surface area contributed by atoms with Gasteiger partial charge < -0.3 is 15.0 Å². The number of hydrogen-bond acceptors (Lipinski definition) is 6. The average Bonchev–Trinajstić information content (AvgIpc) is 2.48. The second-order valence-electron chi connectivity index (χ2n) is 4.59. The van der Waals surface area contributed by atoms with Gasteiger partial charge in [0.15, 0.2) is 0 Å². The first-order chi connectivity index (χ1) is 10.1. The lowest BCUT2D eigenvalue weighted by atomic mass is 10.1. The van der Waals surface area contributed by atoms with Crippen LogP contribution in [0.5, 0.6) is 0 Å². The van der Waals surface area contributed by atoms with Gasteiger partial charge in [0.1, 0.15) is 23.8 Å². The van der Waals surface area contributed by atoms with Crippen molar-refractivity contribution in [2.75, 3.05) is 19.7 Å². The summed E-state index contributed by atoms with van der Waals surface area (Å²) in [6.45, 7) is 3.16. The summed E-state index contributed by atoms with van der Waals surface area (Å²) < 4.78 is 5.04. The van der Waals surface area contributed by atoms with Gasteiger partial charge in [-0.3, -0.25) is 9.59 Å². The highest BCUT2D eigenvalue weighted by atomic mass is 16.5. The minimum absolute atomic E-state index is 0.101. The van der Waals surface area contributed by atoms with Gasteiger partial charge in [-0.05, 0) is 6.42 Å². The number of unbranched alkanes of at least 4 members (excludes halogenated alkanes) is 1. The van der Waals surface area contributed by atoms with Crippen molar-refractivity contribution in [1.29, 1.82) is 10.5 Å². The number of piperazine rings is 1. The van der Waals surface area contributed by atoms with Gasteiger partial charge in [-0.15, -0.1) is 0 Å². The Morgan fingerprint density at radius 1 is 1.52 bits per heavy atom. The van der Waals surface area contributed by atoms with Crippen LogP contribution in [0.3, 0.4) is 0 Å². The van der Waals surface area contributed by atoms with Gasteiger partial charge in [-0.2, -0.15) is 10.5 Å². The number of esters is 1. The number of nitrogens with one attached hydrogen (secondary N) is 1. The third kappa shape index (κ3) is 5.15. The molecular formula is C14H18N4O3. The predicted octanol–water partition coefficient (Wildman–Crippen LogP) is 0.451. The van der Waals surface area contributed by atoms with E-state index in [1.165, 1.54) is 6.20 Å². The van der Waals surface area contributed by atoms with Crippen molar-refractivity contribution >= 4 is 11.9 Å². The molecule has 0 saturated carbocycles. The van der Waals surface area contributed by atoms with Crippen LogP contribution in [-0.2, 0) is 14.3 Å². The molecule has 1 atom stereocenters. The number of hydrogen-bond donors (Lipinski definition) is 1. The second kappa shape index (κ2) is 8.60. The van der Waals surface area contributed by atoms with Crippen molar-refractivity contribution < 1.29 is 14.3 Å². The molecule has 1 N–H and O–H groups in total. The number of ether oxygens (including phenoxy) is 1. The maximum absolute atomic E-state index is 11.9. The first kappa shape index (κ1) is 16.5. The topological polar surface area (TPSA) is 106 Å². The van der Waals surface area contributed by atoms with Crippen LogP contribution in [0.1, 0.15) is 26.2 Å². The van der Waals surface area contributed by atoms with Gasteiger partial charge in [0.25, 0.3) is 0 Å². The summed E-state index contributed by atoms with van der Waals surface area (Å²) in [6.07, 6.45) is 2.91. The first-order valence-corrected chi connectivity index (χ1v) is 6.83. The van der Waals surface area contributed by atoms with Gasteiger partial charge in [-0.25, -0.2) is 0 Å². The molecule has 7 nitrogen and oxygen atoms in total. The van der Waals surface area contributed by atoms with E-state index in [1.54, 1.807) is 17.0 Å². The van der Waals surface area contributed by atoms with E-state index in [2.05, 4.69) is 5.32 Å². The van der Waals surface area contributed by atoms with E-state index >= 15 is 0 Å². The summed E-state index contributed by atoms with van der Waals surface area (Å²) in [5, 5.41) is 20.2. The fraction of sp³-hybridized carbons (Fsp3) is 0.571. The Morgan fingerprint density at radius 2 is 2.24 bits per heavy atom. The van der Waals surface area contributed by atoms with Crippen LogP contribution in [0.25, 0.3) is 0 Å². The van der Waals surface area contributed by atoms with E-state index in [9.17, 15) is 9.59 Å². The Kier molecular flexibility index (Phi) is 6.76. The number of allylic oxidation sites excluding steroid dienone is 1. The number of nitriles is 2. The molecule has 0 spiro atoms. The molecule has 1 unspecified atom stereocenters. The average molecular weight is 290 g/mol. The lowest BCUT2D eigenvalue weighted by Crippen LogP contribution is -2.54. The normalized spacial score (nSPS) is 17.2. The highest BCUT2D eigenvalue weighted by Crippen LogP contribution is 2.12. The monoisotopic (exact) mass is 290 g/mol. The first-order valence-electron chi connectivity index (χ1n) is 6.83. The molecule has 0 bridgehead atoms. The van der Waals surface area contributed by atoms with Crippen LogP contribution in [0.15, 0.2) is 11.8 Å². The molecule has 0 aliphatic carbocycles. The van der Waals surface area contributed by atoms with E-state index in [0.717, 1.165) is 12.8 Å². The summed E-state index contributed by atoms with van der Waals surface area (Å²) in [5.41, 5.74) is -0.103. The number of carbonyl (C=O) groups excluding carboxylic acids is 2. The summed E-state index contributed by atoms with van der Waals surface area (Å²) in [6, 6.07) is 2.73. The van der Waals surface area contributed by atoms with Crippen molar-refractivity contribution in [2.24, 2.45) is 0 Å². The van der Waals surface area contributed by atoms with Crippen molar-refractivity contribution in [3.63, 3.8) is 0 Å². The minimum Gasteiger partial charge on any atom is -0.466 e. The maximum Gasteiger partial charge on any atom is 0.308 e. The van der Waals surface area contributed by atoms with Crippen molar-refractivity contribution in [3.05, 3.63) is 11.8 Å².